The summed E-state index contributed by atoms with van der Waals surface area (Å²) in [5.41, 5.74) is 3.71. The number of fused-ring (bicyclic) bond motifs is 1. The molecule has 0 aliphatic carbocycles. The first kappa shape index (κ1) is 15.0. The van der Waals surface area contributed by atoms with E-state index >= 15 is 0 Å². The zero-order valence-corrected chi connectivity index (χ0v) is 13.6. The average Bonchev–Trinajstić information content (AvgIpc) is 3.11. The Kier molecular flexibility index (Phi) is 3.94. The summed E-state index contributed by atoms with van der Waals surface area (Å²) in [5, 5.41) is 10.6. The van der Waals surface area contributed by atoms with Crippen molar-refractivity contribution in [3.63, 3.8) is 0 Å². The predicted octanol–water partition coefficient (Wildman–Crippen LogP) is 5.08. The van der Waals surface area contributed by atoms with Crippen LogP contribution in [0.15, 0.2) is 85.1 Å². The van der Waals surface area contributed by atoms with Crippen molar-refractivity contribution >= 4 is 10.9 Å². The van der Waals surface area contributed by atoms with Crippen molar-refractivity contribution in [1.82, 2.24) is 4.57 Å². The number of hydrogen-bond acceptors (Lipinski definition) is 2. The fourth-order valence-corrected chi connectivity index (χ4v) is 2.92. The van der Waals surface area contributed by atoms with E-state index < -0.39 is 0 Å². The molecule has 1 heterocycles. The van der Waals surface area contributed by atoms with Crippen LogP contribution in [0.4, 0.5) is 0 Å². The van der Waals surface area contributed by atoms with Crippen LogP contribution in [0.5, 0.6) is 5.75 Å². The minimum atomic E-state index is 0.436. The molecule has 3 heteroatoms. The molecule has 0 spiro atoms. The van der Waals surface area contributed by atoms with Gasteiger partial charge >= 0.3 is 0 Å². The van der Waals surface area contributed by atoms with Gasteiger partial charge in [-0.1, -0.05) is 48.5 Å². The number of benzene rings is 3. The summed E-state index contributed by atoms with van der Waals surface area (Å²) in [6.07, 6.45) is 2.03. The molecule has 0 aliphatic rings. The van der Waals surface area contributed by atoms with Crippen molar-refractivity contribution in [2.75, 3.05) is 0 Å². The van der Waals surface area contributed by atoms with Gasteiger partial charge in [0.05, 0.1) is 11.1 Å². The molecule has 3 aromatic carbocycles. The monoisotopic (exact) mass is 324 g/mol. The summed E-state index contributed by atoms with van der Waals surface area (Å²) in [6.45, 7) is 0.436. The van der Waals surface area contributed by atoms with Gasteiger partial charge in [-0.3, -0.25) is 0 Å². The van der Waals surface area contributed by atoms with E-state index in [9.17, 15) is 5.26 Å². The highest BCUT2D eigenvalue weighted by atomic mass is 16.5. The highest BCUT2D eigenvalue weighted by Crippen LogP contribution is 2.26. The SMILES string of the molecule is N#Cc1ccc(-n2ccc3ccccc32)cc1OCc1ccccc1. The van der Waals surface area contributed by atoms with Crippen LogP contribution in [-0.2, 0) is 6.61 Å². The van der Waals surface area contributed by atoms with E-state index in [0.29, 0.717) is 17.9 Å². The second-order valence-corrected chi connectivity index (χ2v) is 5.81. The Balaban J connectivity index is 1.70. The topological polar surface area (TPSA) is 38.0 Å². The van der Waals surface area contributed by atoms with Gasteiger partial charge in [0.25, 0.3) is 0 Å². The van der Waals surface area contributed by atoms with E-state index in [1.54, 1.807) is 0 Å². The van der Waals surface area contributed by atoms with Crippen LogP contribution in [0.2, 0.25) is 0 Å². The van der Waals surface area contributed by atoms with Crippen molar-refractivity contribution in [1.29, 1.82) is 5.26 Å². The summed E-state index contributed by atoms with van der Waals surface area (Å²) in [7, 11) is 0. The van der Waals surface area contributed by atoms with Crippen LogP contribution in [0.25, 0.3) is 16.6 Å². The van der Waals surface area contributed by atoms with Crippen LogP contribution in [0, 0.1) is 11.3 Å². The van der Waals surface area contributed by atoms with E-state index in [1.165, 1.54) is 5.39 Å². The largest absolute Gasteiger partial charge is 0.487 e. The van der Waals surface area contributed by atoms with E-state index in [2.05, 4.69) is 28.8 Å². The fraction of sp³-hybridized carbons (Fsp3) is 0.0455. The van der Waals surface area contributed by atoms with E-state index in [0.717, 1.165) is 16.8 Å². The van der Waals surface area contributed by atoms with E-state index in [1.807, 2.05) is 66.9 Å². The number of rotatable bonds is 4. The molecule has 0 bridgehead atoms. The van der Waals surface area contributed by atoms with Crippen LogP contribution in [0.3, 0.4) is 0 Å². The predicted molar refractivity (Wildman–Crippen MR) is 98.8 cm³/mol. The number of nitrogens with zero attached hydrogens (tertiary/aromatic N) is 2. The van der Waals surface area contributed by atoms with Gasteiger partial charge in [0.15, 0.2) is 0 Å². The first-order valence-electron chi connectivity index (χ1n) is 8.12. The lowest BCUT2D eigenvalue weighted by Gasteiger charge is -2.11. The zero-order valence-electron chi connectivity index (χ0n) is 13.6. The maximum absolute atomic E-state index is 9.37. The van der Waals surface area contributed by atoms with Crippen LogP contribution in [0.1, 0.15) is 11.1 Å². The molecule has 120 valence electrons. The Morgan fingerprint density at radius 3 is 2.52 bits per heavy atom. The van der Waals surface area contributed by atoms with Gasteiger partial charge in [0, 0.05) is 18.0 Å². The van der Waals surface area contributed by atoms with Gasteiger partial charge < -0.3 is 9.30 Å². The summed E-state index contributed by atoms with van der Waals surface area (Å²) in [5.74, 6) is 0.599. The molecule has 0 saturated heterocycles. The minimum absolute atomic E-state index is 0.436. The quantitative estimate of drug-likeness (QED) is 0.525. The summed E-state index contributed by atoms with van der Waals surface area (Å²) < 4.78 is 8.03. The first-order valence-corrected chi connectivity index (χ1v) is 8.12. The summed E-state index contributed by atoms with van der Waals surface area (Å²) >= 11 is 0. The molecule has 3 nitrogen and oxygen atoms in total. The number of nitriles is 1. The molecule has 1 aromatic heterocycles. The Morgan fingerprint density at radius 1 is 0.880 bits per heavy atom. The molecule has 0 amide bonds. The maximum Gasteiger partial charge on any atom is 0.139 e. The standard InChI is InChI=1S/C22H16N2O/c23-15-19-10-11-20(24-13-12-18-8-4-5-9-21(18)24)14-22(19)25-16-17-6-2-1-3-7-17/h1-14H,16H2. The molecule has 0 fully saturated rings. The average molecular weight is 324 g/mol. The molecule has 0 saturated carbocycles. The molecular weight excluding hydrogens is 308 g/mol. The molecule has 0 unspecified atom stereocenters. The second kappa shape index (κ2) is 6.54. The van der Waals surface area contributed by atoms with Gasteiger partial charge in [-0.2, -0.15) is 5.26 Å². The molecule has 0 radical (unpaired) electrons. The Morgan fingerprint density at radius 2 is 1.68 bits per heavy atom. The third kappa shape index (κ3) is 2.98. The molecule has 25 heavy (non-hydrogen) atoms. The number of para-hydroxylation sites is 1. The smallest absolute Gasteiger partial charge is 0.139 e. The molecule has 0 aliphatic heterocycles. The molecule has 4 rings (SSSR count). The third-order valence-corrected chi connectivity index (χ3v) is 4.20. The van der Waals surface area contributed by atoms with Crippen molar-refractivity contribution < 1.29 is 4.74 Å². The van der Waals surface area contributed by atoms with Crippen LogP contribution >= 0.6 is 0 Å². The lowest BCUT2D eigenvalue weighted by atomic mass is 10.2. The number of ether oxygens (including phenoxy) is 1. The number of aromatic nitrogens is 1. The second-order valence-electron chi connectivity index (χ2n) is 5.81. The third-order valence-electron chi connectivity index (χ3n) is 4.20. The minimum Gasteiger partial charge on any atom is -0.487 e. The molecular formula is C22H16N2O. The van der Waals surface area contributed by atoms with Crippen LogP contribution < -0.4 is 4.74 Å². The highest BCUT2D eigenvalue weighted by molar-refractivity contribution is 5.82. The fourth-order valence-electron chi connectivity index (χ4n) is 2.92. The lowest BCUT2D eigenvalue weighted by Crippen LogP contribution is -1.99. The first-order chi connectivity index (χ1) is 12.3. The molecule has 0 N–H and O–H groups in total. The van der Waals surface area contributed by atoms with Gasteiger partial charge in [-0.05, 0) is 35.2 Å². The maximum atomic E-state index is 9.37. The number of hydrogen-bond donors (Lipinski definition) is 0. The van der Waals surface area contributed by atoms with Crippen molar-refractivity contribution in [3.8, 4) is 17.5 Å². The van der Waals surface area contributed by atoms with E-state index in [4.69, 9.17) is 4.74 Å². The molecule has 4 aromatic rings. The Hall–Kier alpha value is -3.51. The normalized spacial score (nSPS) is 10.5. The molecule has 0 atom stereocenters. The summed E-state index contributed by atoms with van der Waals surface area (Å²) in [4.78, 5) is 0. The van der Waals surface area contributed by atoms with Crippen molar-refractivity contribution in [3.05, 3.63) is 96.2 Å². The van der Waals surface area contributed by atoms with Crippen molar-refractivity contribution in [2.24, 2.45) is 0 Å². The van der Waals surface area contributed by atoms with E-state index in [-0.39, 0.29) is 0 Å². The Bertz CT molecular complexity index is 1060. The zero-order chi connectivity index (χ0) is 17.1. The summed E-state index contributed by atoms with van der Waals surface area (Å²) in [6, 6.07) is 28.1. The Labute approximate surface area is 146 Å². The van der Waals surface area contributed by atoms with Gasteiger partial charge in [-0.25, -0.2) is 0 Å². The van der Waals surface area contributed by atoms with Crippen molar-refractivity contribution in [2.45, 2.75) is 6.61 Å². The van der Waals surface area contributed by atoms with Gasteiger partial charge in [0.1, 0.15) is 18.4 Å². The highest BCUT2D eigenvalue weighted by Gasteiger charge is 2.08. The van der Waals surface area contributed by atoms with Gasteiger partial charge in [0.2, 0.25) is 0 Å². The van der Waals surface area contributed by atoms with Crippen LogP contribution in [-0.4, -0.2) is 4.57 Å². The lowest BCUT2D eigenvalue weighted by molar-refractivity contribution is 0.305. The van der Waals surface area contributed by atoms with Gasteiger partial charge in [-0.15, -0.1) is 0 Å².